The number of aryl methyl sites for hydroxylation is 1. The highest BCUT2D eigenvalue weighted by molar-refractivity contribution is 7.14. The summed E-state index contributed by atoms with van der Waals surface area (Å²) < 4.78 is 5.58. The summed E-state index contributed by atoms with van der Waals surface area (Å²) in [5, 5.41) is 0. The number of nitrogens with zero attached hydrogens (tertiary/aromatic N) is 1. The molecule has 4 nitrogen and oxygen atoms in total. The van der Waals surface area contributed by atoms with Crippen LogP contribution in [0.15, 0.2) is 6.07 Å². The quantitative estimate of drug-likeness (QED) is 0.915. The van der Waals surface area contributed by atoms with Crippen LogP contribution in [-0.4, -0.2) is 36.6 Å². The largest absolute Gasteiger partial charge is 0.398 e. The Balaban J connectivity index is 1.95. The van der Waals surface area contributed by atoms with Crippen molar-refractivity contribution in [2.24, 2.45) is 0 Å². The molecule has 0 radical (unpaired) electrons. The summed E-state index contributed by atoms with van der Waals surface area (Å²) in [7, 11) is 0. The minimum Gasteiger partial charge on any atom is -0.398 e. The maximum atomic E-state index is 12.3. The zero-order chi connectivity index (χ0) is 13.1. The van der Waals surface area contributed by atoms with E-state index in [2.05, 4.69) is 0 Å². The Kier molecular flexibility index (Phi) is 4.24. The first-order valence-corrected chi connectivity index (χ1v) is 7.20. The van der Waals surface area contributed by atoms with Gasteiger partial charge in [0.05, 0.1) is 11.0 Å². The molecule has 1 aliphatic heterocycles. The predicted molar refractivity (Wildman–Crippen MR) is 74.0 cm³/mol. The number of ether oxygens (including phenoxy) is 1. The van der Waals surface area contributed by atoms with Gasteiger partial charge in [0.25, 0.3) is 5.91 Å². The minimum absolute atomic E-state index is 0.106. The molecule has 2 rings (SSSR count). The van der Waals surface area contributed by atoms with Crippen LogP contribution in [0.2, 0.25) is 0 Å². The van der Waals surface area contributed by atoms with Gasteiger partial charge >= 0.3 is 0 Å². The first-order valence-electron chi connectivity index (χ1n) is 6.38. The first kappa shape index (κ1) is 13.4. The topological polar surface area (TPSA) is 55.6 Å². The van der Waals surface area contributed by atoms with E-state index in [4.69, 9.17) is 10.5 Å². The SMILES string of the molecule is CCOC1CCN(C(=O)c2cc(N)c(C)s2)CC1. The van der Waals surface area contributed by atoms with Gasteiger partial charge in [-0.15, -0.1) is 11.3 Å². The number of hydrogen-bond acceptors (Lipinski definition) is 4. The van der Waals surface area contributed by atoms with E-state index in [0.29, 0.717) is 11.8 Å². The monoisotopic (exact) mass is 268 g/mol. The second-order valence-electron chi connectivity index (χ2n) is 4.57. The summed E-state index contributed by atoms with van der Waals surface area (Å²) in [5.41, 5.74) is 6.50. The number of carbonyl (C=O) groups excluding carboxylic acids is 1. The van der Waals surface area contributed by atoms with Crippen LogP contribution in [0.5, 0.6) is 0 Å². The number of thiophene rings is 1. The molecule has 1 aromatic rings. The molecular formula is C13H20N2O2S. The molecule has 5 heteroatoms. The van der Waals surface area contributed by atoms with Crippen molar-refractivity contribution < 1.29 is 9.53 Å². The maximum absolute atomic E-state index is 12.3. The van der Waals surface area contributed by atoms with Crippen molar-refractivity contribution >= 4 is 22.9 Å². The average Bonchev–Trinajstić information content (AvgIpc) is 2.70. The highest BCUT2D eigenvalue weighted by Gasteiger charge is 2.24. The molecule has 0 saturated carbocycles. The van der Waals surface area contributed by atoms with Crippen molar-refractivity contribution in [2.45, 2.75) is 32.8 Å². The minimum atomic E-state index is 0.106. The second-order valence-corrected chi connectivity index (χ2v) is 5.83. The fraction of sp³-hybridized carbons (Fsp3) is 0.615. The van der Waals surface area contributed by atoms with Crippen LogP contribution in [0.1, 0.15) is 34.3 Å². The zero-order valence-corrected chi connectivity index (χ0v) is 11.8. The van der Waals surface area contributed by atoms with E-state index in [0.717, 1.165) is 42.3 Å². The summed E-state index contributed by atoms with van der Waals surface area (Å²) in [5.74, 6) is 0.106. The molecule has 0 aliphatic carbocycles. The zero-order valence-electron chi connectivity index (χ0n) is 10.9. The van der Waals surface area contributed by atoms with E-state index >= 15 is 0 Å². The van der Waals surface area contributed by atoms with Gasteiger partial charge in [0.15, 0.2) is 0 Å². The van der Waals surface area contributed by atoms with Gasteiger partial charge in [0, 0.05) is 30.3 Å². The van der Waals surface area contributed by atoms with E-state index in [9.17, 15) is 4.79 Å². The molecule has 1 aliphatic rings. The van der Waals surface area contributed by atoms with Crippen molar-refractivity contribution in [3.63, 3.8) is 0 Å². The Morgan fingerprint density at radius 2 is 2.22 bits per heavy atom. The summed E-state index contributed by atoms with van der Waals surface area (Å²) >= 11 is 1.48. The summed E-state index contributed by atoms with van der Waals surface area (Å²) in [6.45, 7) is 6.26. The van der Waals surface area contributed by atoms with E-state index < -0.39 is 0 Å². The second kappa shape index (κ2) is 5.71. The third-order valence-corrected chi connectivity index (χ3v) is 4.35. The standard InChI is InChI=1S/C13H20N2O2S/c1-3-17-10-4-6-15(7-5-10)13(16)12-8-11(14)9(2)18-12/h8,10H,3-7,14H2,1-2H3. The van der Waals surface area contributed by atoms with Crippen LogP contribution in [0.4, 0.5) is 5.69 Å². The fourth-order valence-corrected chi connectivity index (χ4v) is 3.13. The van der Waals surface area contributed by atoms with Crippen molar-refractivity contribution in [1.82, 2.24) is 4.90 Å². The molecule has 0 spiro atoms. The lowest BCUT2D eigenvalue weighted by Gasteiger charge is -2.31. The van der Waals surface area contributed by atoms with Gasteiger partial charge in [-0.05, 0) is 32.8 Å². The van der Waals surface area contributed by atoms with Crippen molar-refractivity contribution in [2.75, 3.05) is 25.4 Å². The van der Waals surface area contributed by atoms with Gasteiger partial charge < -0.3 is 15.4 Å². The van der Waals surface area contributed by atoms with Crippen LogP contribution < -0.4 is 5.73 Å². The van der Waals surface area contributed by atoms with E-state index in [1.807, 2.05) is 18.7 Å². The number of hydrogen-bond donors (Lipinski definition) is 1. The molecule has 18 heavy (non-hydrogen) atoms. The lowest BCUT2D eigenvalue weighted by Crippen LogP contribution is -2.40. The molecule has 0 atom stereocenters. The lowest BCUT2D eigenvalue weighted by atomic mass is 10.1. The number of nitrogens with two attached hydrogens (primary N) is 1. The number of carbonyl (C=O) groups is 1. The van der Waals surface area contributed by atoms with Crippen molar-refractivity contribution in [3.05, 3.63) is 15.8 Å². The van der Waals surface area contributed by atoms with Crippen molar-refractivity contribution in [1.29, 1.82) is 0 Å². The Hall–Kier alpha value is -1.07. The molecule has 2 heterocycles. The molecular weight excluding hydrogens is 248 g/mol. The summed E-state index contributed by atoms with van der Waals surface area (Å²) in [4.78, 5) is 15.9. The molecule has 0 aromatic carbocycles. The Morgan fingerprint density at radius 3 is 2.72 bits per heavy atom. The predicted octanol–water partition coefficient (Wildman–Crippen LogP) is 2.28. The molecule has 2 N–H and O–H groups in total. The van der Waals surface area contributed by atoms with E-state index in [-0.39, 0.29) is 5.91 Å². The van der Waals surface area contributed by atoms with Gasteiger partial charge in [0.1, 0.15) is 0 Å². The molecule has 0 bridgehead atoms. The van der Waals surface area contributed by atoms with Gasteiger partial charge in [0.2, 0.25) is 0 Å². The highest BCUT2D eigenvalue weighted by atomic mass is 32.1. The molecule has 100 valence electrons. The smallest absolute Gasteiger partial charge is 0.264 e. The van der Waals surface area contributed by atoms with Crippen LogP contribution >= 0.6 is 11.3 Å². The molecule has 1 saturated heterocycles. The lowest BCUT2D eigenvalue weighted by molar-refractivity contribution is 0.0147. The fourth-order valence-electron chi connectivity index (χ4n) is 2.22. The summed E-state index contributed by atoms with van der Waals surface area (Å²) in [6.07, 6.45) is 2.17. The van der Waals surface area contributed by atoms with Crippen molar-refractivity contribution in [3.8, 4) is 0 Å². The Labute approximate surface area is 112 Å². The van der Waals surface area contributed by atoms with Gasteiger partial charge in [-0.2, -0.15) is 0 Å². The number of anilines is 1. The van der Waals surface area contributed by atoms with Crippen LogP contribution in [0, 0.1) is 6.92 Å². The Bertz CT molecular complexity index is 403. The van der Waals surface area contributed by atoms with E-state index in [1.165, 1.54) is 11.3 Å². The number of amides is 1. The molecule has 1 fully saturated rings. The average molecular weight is 268 g/mol. The molecule has 0 unspecified atom stereocenters. The highest BCUT2D eigenvalue weighted by Crippen LogP contribution is 2.26. The van der Waals surface area contributed by atoms with Crippen LogP contribution in [-0.2, 0) is 4.74 Å². The maximum Gasteiger partial charge on any atom is 0.264 e. The van der Waals surface area contributed by atoms with Crippen LogP contribution in [0.3, 0.4) is 0 Å². The van der Waals surface area contributed by atoms with Gasteiger partial charge in [-0.25, -0.2) is 0 Å². The summed E-state index contributed by atoms with van der Waals surface area (Å²) in [6, 6.07) is 1.79. The first-order chi connectivity index (χ1) is 8.61. The number of nitrogen functional groups attached to an aromatic ring is 1. The third-order valence-electron chi connectivity index (χ3n) is 3.30. The van der Waals surface area contributed by atoms with Gasteiger partial charge in [-0.1, -0.05) is 0 Å². The van der Waals surface area contributed by atoms with E-state index in [1.54, 1.807) is 6.07 Å². The molecule has 1 amide bonds. The number of likely N-dealkylation sites (tertiary alicyclic amines) is 1. The van der Waals surface area contributed by atoms with Crippen LogP contribution in [0.25, 0.3) is 0 Å². The third kappa shape index (κ3) is 2.84. The number of rotatable bonds is 3. The molecule has 1 aromatic heterocycles. The number of piperidine rings is 1. The van der Waals surface area contributed by atoms with Gasteiger partial charge in [-0.3, -0.25) is 4.79 Å². The normalized spacial score (nSPS) is 17.1. The Morgan fingerprint density at radius 1 is 1.56 bits per heavy atom.